The zero-order valence-corrected chi connectivity index (χ0v) is 11.9. The maximum absolute atomic E-state index is 3.52. The Kier molecular flexibility index (Phi) is 6.35. The van der Waals surface area contributed by atoms with Crippen molar-refractivity contribution in [1.82, 2.24) is 9.88 Å². The quantitative estimate of drug-likeness (QED) is 0.722. The molecule has 0 aromatic carbocycles. The lowest BCUT2D eigenvalue weighted by Crippen LogP contribution is -2.18. The second kappa shape index (κ2) is 7.54. The van der Waals surface area contributed by atoms with Gasteiger partial charge in [0, 0.05) is 25.0 Å². The van der Waals surface area contributed by atoms with Crippen molar-refractivity contribution in [2.24, 2.45) is 5.92 Å². The van der Waals surface area contributed by atoms with E-state index >= 15 is 0 Å². The predicted octanol–water partition coefficient (Wildman–Crippen LogP) is 3.98. The molecule has 0 amide bonds. The topological polar surface area (TPSA) is 17.0 Å². The Balaban J connectivity index is 2.36. The molecular formula is C15H28N2. The van der Waals surface area contributed by atoms with E-state index in [0.29, 0.717) is 6.04 Å². The van der Waals surface area contributed by atoms with E-state index in [1.165, 1.54) is 24.8 Å². The van der Waals surface area contributed by atoms with Crippen LogP contribution in [0.1, 0.15) is 58.6 Å². The van der Waals surface area contributed by atoms with Gasteiger partial charge in [-0.3, -0.25) is 0 Å². The third-order valence-electron chi connectivity index (χ3n) is 3.17. The Hall–Kier alpha value is -0.760. The average Bonchev–Trinajstić information content (AvgIpc) is 2.74. The smallest absolute Gasteiger partial charge is 0.0306 e. The fraction of sp³-hybridized carbons (Fsp3) is 0.733. The third kappa shape index (κ3) is 5.40. The third-order valence-corrected chi connectivity index (χ3v) is 3.17. The molecule has 0 bridgehead atoms. The molecule has 0 spiro atoms. The van der Waals surface area contributed by atoms with E-state index < -0.39 is 0 Å². The highest BCUT2D eigenvalue weighted by Gasteiger charge is 2.05. The Morgan fingerprint density at radius 3 is 2.71 bits per heavy atom. The van der Waals surface area contributed by atoms with Gasteiger partial charge in [0.1, 0.15) is 0 Å². The van der Waals surface area contributed by atoms with Crippen LogP contribution in [-0.4, -0.2) is 11.1 Å². The fourth-order valence-electron chi connectivity index (χ4n) is 2.02. The van der Waals surface area contributed by atoms with Gasteiger partial charge in [-0.25, -0.2) is 0 Å². The largest absolute Gasteiger partial charge is 0.354 e. The molecular weight excluding hydrogens is 208 g/mol. The van der Waals surface area contributed by atoms with Crippen LogP contribution in [0.15, 0.2) is 18.5 Å². The molecule has 1 heterocycles. The van der Waals surface area contributed by atoms with Gasteiger partial charge in [0.05, 0.1) is 0 Å². The standard InChI is InChI=1S/C15H28N2/c1-5-9-16-14(4)15-8-11-17(12-15)10-6-7-13(2)3/h8,11-14,16H,5-7,9-10H2,1-4H3. The summed E-state index contributed by atoms with van der Waals surface area (Å²) in [5.41, 5.74) is 1.41. The number of aryl methyl sites for hydroxylation is 1. The van der Waals surface area contributed by atoms with E-state index in [1.54, 1.807) is 0 Å². The van der Waals surface area contributed by atoms with E-state index in [2.05, 4.69) is 56.0 Å². The van der Waals surface area contributed by atoms with Crippen LogP contribution in [0.3, 0.4) is 0 Å². The summed E-state index contributed by atoms with van der Waals surface area (Å²) >= 11 is 0. The molecule has 0 saturated heterocycles. The zero-order chi connectivity index (χ0) is 12.7. The van der Waals surface area contributed by atoms with Gasteiger partial charge in [-0.05, 0) is 50.3 Å². The Morgan fingerprint density at radius 1 is 1.29 bits per heavy atom. The van der Waals surface area contributed by atoms with Crippen molar-refractivity contribution < 1.29 is 0 Å². The summed E-state index contributed by atoms with van der Waals surface area (Å²) < 4.78 is 2.32. The van der Waals surface area contributed by atoms with Crippen molar-refractivity contribution in [2.75, 3.05) is 6.54 Å². The Bertz CT molecular complexity index is 302. The van der Waals surface area contributed by atoms with Crippen LogP contribution in [0.4, 0.5) is 0 Å². The minimum atomic E-state index is 0.473. The molecule has 1 rings (SSSR count). The normalized spacial score (nSPS) is 13.2. The van der Waals surface area contributed by atoms with Gasteiger partial charge in [0.2, 0.25) is 0 Å². The molecule has 0 aliphatic heterocycles. The molecule has 17 heavy (non-hydrogen) atoms. The lowest BCUT2D eigenvalue weighted by Gasteiger charge is -2.11. The van der Waals surface area contributed by atoms with Gasteiger partial charge in [-0.15, -0.1) is 0 Å². The SMILES string of the molecule is CCCNC(C)c1ccn(CCCC(C)C)c1. The molecule has 1 aromatic rings. The molecule has 0 radical (unpaired) electrons. The minimum Gasteiger partial charge on any atom is -0.354 e. The van der Waals surface area contributed by atoms with Crippen molar-refractivity contribution in [3.05, 3.63) is 24.0 Å². The fourth-order valence-corrected chi connectivity index (χ4v) is 2.02. The van der Waals surface area contributed by atoms with E-state index in [9.17, 15) is 0 Å². The molecule has 1 aromatic heterocycles. The van der Waals surface area contributed by atoms with Crippen LogP contribution in [0.5, 0.6) is 0 Å². The number of rotatable bonds is 8. The summed E-state index contributed by atoms with van der Waals surface area (Å²) in [4.78, 5) is 0. The van der Waals surface area contributed by atoms with Crippen molar-refractivity contribution >= 4 is 0 Å². The predicted molar refractivity (Wildman–Crippen MR) is 75.2 cm³/mol. The lowest BCUT2D eigenvalue weighted by molar-refractivity contribution is 0.511. The van der Waals surface area contributed by atoms with Gasteiger partial charge >= 0.3 is 0 Å². The number of hydrogen-bond donors (Lipinski definition) is 1. The van der Waals surface area contributed by atoms with Gasteiger partial charge in [-0.2, -0.15) is 0 Å². The van der Waals surface area contributed by atoms with Gasteiger partial charge in [0.25, 0.3) is 0 Å². The number of nitrogens with zero attached hydrogens (tertiary/aromatic N) is 1. The van der Waals surface area contributed by atoms with E-state index in [-0.39, 0.29) is 0 Å². The Labute approximate surface area is 106 Å². The van der Waals surface area contributed by atoms with Crippen molar-refractivity contribution in [3.8, 4) is 0 Å². The molecule has 2 heteroatoms. The first-order valence-corrected chi connectivity index (χ1v) is 7.02. The number of nitrogens with one attached hydrogen (secondary N) is 1. The first-order chi connectivity index (χ1) is 8.13. The second-order valence-electron chi connectivity index (χ2n) is 5.39. The maximum atomic E-state index is 3.52. The van der Waals surface area contributed by atoms with Gasteiger partial charge < -0.3 is 9.88 Å². The van der Waals surface area contributed by atoms with Crippen LogP contribution in [0.2, 0.25) is 0 Å². The first-order valence-electron chi connectivity index (χ1n) is 7.02. The molecule has 0 aliphatic carbocycles. The molecule has 98 valence electrons. The van der Waals surface area contributed by atoms with Crippen LogP contribution >= 0.6 is 0 Å². The number of hydrogen-bond acceptors (Lipinski definition) is 1. The summed E-state index contributed by atoms with van der Waals surface area (Å²) in [6, 6.07) is 2.71. The van der Waals surface area contributed by atoms with E-state index in [0.717, 1.165) is 19.0 Å². The highest BCUT2D eigenvalue weighted by molar-refractivity contribution is 5.14. The first kappa shape index (κ1) is 14.3. The monoisotopic (exact) mass is 236 g/mol. The molecule has 0 fully saturated rings. The summed E-state index contributed by atoms with van der Waals surface area (Å²) in [6.45, 7) is 11.3. The molecule has 0 aliphatic rings. The van der Waals surface area contributed by atoms with Crippen LogP contribution in [-0.2, 0) is 6.54 Å². The summed E-state index contributed by atoms with van der Waals surface area (Å²) in [7, 11) is 0. The van der Waals surface area contributed by atoms with Gasteiger partial charge in [0.15, 0.2) is 0 Å². The van der Waals surface area contributed by atoms with Gasteiger partial charge in [-0.1, -0.05) is 20.8 Å². The second-order valence-corrected chi connectivity index (χ2v) is 5.39. The molecule has 0 saturated carbocycles. The average molecular weight is 236 g/mol. The summed E-state index contributed by atoms with van der Waals surface area (Å²) in [5, 5.41) is 3.52. The van der Waals surface area contributed by atoms with Crippen LogP contribution in [0.25, 0.3) is 0 Å². The maximum Gasteiger partial charge on any atom is 0.0306 e. The van der Waals surface area contributed by atoms with Crippen molar-refractivity contribution in [1.29, 1.82) is 0 Å². The molecule has 1 atom stereocenters. The zero-order valence-electron chi connectivity index (χ0n) is 11.9. The lowest BCUT2D eigenvalue weighted by atomic mass is 10.1. The summed E-state index contributed by atoms with van der Waals surface area (Å²) in [5.74, 6) is 0.815. The van der Waals surface area contributed by atoms with Crippen LogP contribution < -0.4 is 5.32 Å². The molecule has 2 nitrogen and oxygen atoms in total. The van der Waals surface area contributed by atoms with Crippen molar-refractivity contribution in [3.63, 3.8) is 0 Å². The van der Waals surface area contributed by atoms with E-state index in [1.807, 2.05) is 0 Å². The highest BCUT2D eigenvalue weighted by atomic mass is 15.0. The number of aromatic nitrogens is 1. The summed E-state index contributed by atoms with van der Waals surface area (Å²) in [6.07, 6.45) is 8.28. The molecule has 1 N–H and O–H groups in total. The van der Waals surface area contributed by atoms with E-state index in [4.69, 9.17) is 0 Å². The van der Waals surface area contributed by atoms with Crippen molar-refractivity contribution in [2.45, 2.75) is 59.5 Å². The highest BCUT2D eigenvalue weighted by Crippen LogP contribution is 2.14. The molecule has 1 unspecified atom stereocenters. The van der Waals surface area contributed by atoms with Crippen LogP contribution in [0, 0.1) is 5.92 Å². The Morgan fingerprint density at radius 2 is 2.06 bits per heavy atom. The minimum absolute atomic E-state index is 0.473.